The van der Waals surface area contributed by atoms with E-state index < -0.39 is 58.0 Å². The van der Waals surface area contributed by atoms with Crippen molar-refractivity contribution in [2.75, 3.05) is 13.7 Å². The van der Waals surface area contributed by atoms with Crippen molar-refractivity contribution >= 4 is 11.8 Å². The third kappa shape index (κ3) is 2.62. The molecule has 2 saturated carbocycles. The van der Waals surface area contributed by atoms with Crippen LogP contribution in [0.15, 0.2) is 11.1 Å². The highest BCUT2D eigenvalue weighted by atomic mass is 16.6. The zero-order valence-corrected chi connectivity index (χ0v) is 20.5. The quantitative estimate of drug-likeness (QED) is 0.492. The summed E-state index contributed by atoms with van der Waals surface area (Å²) in [6.07, 6.45) is -1.22. The molecule has 2 N–H and O–H groups in total. The van der Waals surface area contributed by atoms with Crippen molar-refractivity contribution in [2.45, 2.75) is 90.8 Å². The van der Waals surface area contributed by atoms with Crippen LogP contribution in [0, 0.1) is 28.6 Å². The number of hydrogen-bond donors (Lipinski definition) is 2. The fourth-order valence-electron chi connectivity index (χ4n) is 8.13. The molecule has 4 rings (SSSR count). The van der Waals surface area contributed by atoms with Crippen molar-refractivity contribution < 1.29 is 34.0 Å². The number of aliphatic hydroxyl groups excluding tert-OH is 1. The molecule has 2 bridgehead atoms. The van der Waals surface area contributed by atoms with Gasteiger partial charge in [0.1, 0.15) is 11.9 Å². The third-order valence-corrected chi connectivity index (χ3v) is 9.75. The van der Waals surface area contributed by atoms with E-state index in [1.165, 1.54) is 6.92 Å². The molecule has 6 unspecified atom stereocenters. The number of Topliss-reactive ketones (excluding diaryl/α,β-unsaturated/α-hetero) is 1. The van der Waals surface area contributed by atoms with Gasteiger partial charge in [0.25, 0.3) is 0 Å². The number of fused-ring (bicyclic) bond motifs is 5. The number of carbonyl (C=O) groups is 2. The fourth-order valence-corrected chi connectivity index (χ4v) is 8.13. The monoisotopic (exact) mass is 450 g/mol. The molecule has 7 nitrogen and oxygen atoms in total. The molecule has 3 fully saturated rings. The highest BCUT2D eigenvalue weighted by Crippen LogP contribution is 2.66. The van der Waals surface area contributed by atoms with E-state index >= 15 is 0 Å². The van der Waals surface area contributed by atoms with E-state index in [1.807, 2.05) is 34.6 Å². The van der Waals surface area contributed by atoms with Gasteiger partial charge in [0, 0.05) is 44.1 Å². The Morgan fingerprint density at radius 3 is 2.34 bits per heavy atom. The molecule has 0 aromatic carbocycles. The standard InChI is InChI=1S/C25H38O7/c1-12-16(30-8)10-25(29)14(3)20-23(7,21(28)13(2)19(12)22(25,5)6)17(27)9-18-24(20,11-31-18)32-15(4)26/h13-14,16-18,20,27,29H,9-11H2,1-8H3/t13-,14+,16?,17?,18?,20?,23-,24?,25?/m1/s1. The summed E-state index contributed by atoms with van der Waals surface area (Å²) in [7, 11) is 1.62. The molecule has 32 heavy (non-hydrogen) atoms. The zero-order valence-electron chi connectivity index (χ0n) is 20.5. The number of rotatable bonds is 2. The van der Waals surface area contributed by atoms with Crippen LogP contribution >= 0.6 is 0 Å². The summed E-state index contributed by atoms with van der Waals surface area (Å²) in [5.74, 6) is -2.16. The predicted molar refractivity (Wildman–Crippen MR) is 117 cm³/mol. The summed E-state index contributed by atoms with van der Waals surface area (Å²) in [5.41, 5.74) is -2.38. The Bertz CT molecular complexity index is 878. The second-order valence-electron chi connectivity index (χ2n) is 11.3. The maximum Gasteiger partial charge on any atom is 0.303 e. The first-order valence-corrected chi connectivity index (χ1v) is 11.7. The first-order valence-electron chi connectivity index (χ1n) is 11.7. The molecule has 0 spiro atoms. The van der Waals surface area contributed by atoms with Crippen LogP contribution in [0.25, 0.3) is 0 Å². The van der Waals surface area contributed by atoms with Gasteiger partial charge < -0.3 is 24.4 Å². The van der Waals surface area contributed by atoms with Crippen molar-refractivity contribution in [1.82, 2.24) is 0 Å². The Balaban J connectivity index is 2.02. The second-order valence-corrected chi connectivity index (χ2v) is 11.3. The molecule has 0 radical (unpaired) electrons. The molecule has 0 amide bonds. The number of carbonyl (C=O) groups excluding carboxylic acids is 2. The summed E-state index contributed by atoms with van der Waals surface area (Å²) in [6, 6.07) is 0. The van der Waals surface area contributed by atoms with Crippen LogP contribution in [-0.4, -0.2) is 65.2 Å². The van der Waals surface area contributed by atoms with E-state index in [0.717, 1.165) is 11.1 Å². The summed E-state index contributed by atoms with van der Waals surface area (Å²) < 4.78 is 17.5. The molecule has 1 heterocycles. The number of esters is 1. The lowest BCUT2D eigenvalue weighted by molar-refractivity contribution is -0.338. The van der Waals surface area contributed by atoms with Crippen molar-refractivity contribution in [1.29, 1.82) is 0 Å². The summed E-state index contributed by atoms with van der Waals surface area (Å²) in [6.45, 7) is 13.1. The van der Waals surface area contributed by atoms with Gasteiger partial charge in [-0.2, -0.15) is 0 Å². The van der Waals surface area contributed by atoms with Gasteiger partial charge in [0.2, 0.25) is 0 Å². The van der Waals surface area contributed by atoms with E-state index in [-0.39, 0.29) is 24.9 Å². The van der Waals surface area contributed by atoms with E-state index in [4.69, 9.17) is 14.2 Å². The van der Waals surface area contributed by atoms with Crippen LogP contribution < -0.4 is 0 Å². The number of methoxy groups -OCH3 is 1. The van der Waals surface area contributed by atoms with Crippen LogP contribution in [0.4, 0.5) is 0 Å². The Morgan fingerprint density at radius 2 is 1.84 bits per heavy atom. The lowest BCUT2D eigenvalue weighted by atomic mass is 9.42. The average Bonchev–Trinajstić information content (AvgIpc) is 2.70. The number of hydrogen-bond acceptors (Lipinski definition) is 7. The Morgan fingerprint density at radius 1 is 1.22 bits per heavy atom. The molecule has 0 aromatic heterocycles. The van der Waals surface area contributed by atoms with Crippen molar-refractivity contribution in [3.8, 4) is 0 Å². The first kappa shape index (κ1) is 23.9. The predicted octanol–water partition coefficient (Wildman–Crippen LogP) is 2.42. The molecule has 4 aliphatic rings. The minimum atomic E-state index is -1.26. The highest BCUT2D eigenvalue weighted by Gasteiger charge is 2.75. The molecule has 3 aliphatic carbocycles. The third-order valence-electron chi connectivity index (χ3n) is 9.75. The topological polar surface area (TPSA) is 102 Å². The maximum absolute atomic E-state index is 14.2. The van der Waals surface area contributed by atoms with Crippen LogP contribution in [0.5, 0.6) is 0 Å². The SMILES string of the molecule is COC1CC2(O)[C@@H](C)C3C4(OC(C)=O)COC4CC(O)[C@@]3(C)C(=O)[C@H](C)C(=C1C)C2(C)C. The number of ether oxygens (including phenoxy) is 3. The van der Waals surface area contributed by atoms with E-state index in [9.17, 15) is 19.8 Å². The largest absolute Gasteiger partial charge is 0.454 e. The minimum Gasteiger partial charge on any atom is -0.454 e. The number of aliphatic hydroxyl groups is 2. The van der Waals surface area contributed by atoms with Crippen LogP contribution in [0.2, 0.25) is 0 Å². The molecule has 1 saturated heterocycles. The minimum absolute atomic E-state index is 0.0834. The average molecular weight is 451 g/mol. The maximum atomic E-state index is 14.2. The van der Waals surface area contributed by atoms with Gasteiger partial charge >= 0.3 is 5.97 Å². The molecule has 7 heteroatoms. The van der Waals surface area contributed by atoms with Crippen molar-refractivity contribution in [2.24, 2.45) is 28.6 Å². The second kappa shape index (κ2) is 7.11. The normalized spacial score (nSPS) is 49.9. The molecule has 1 aliphatic heterocycles. The van der Waals surface area contributed by atoms with Crippen LogP contribution in [0.1, 0.15) is 61.3 Å². The van der Waals surface area contributed by atoms with Gasteiger partial charge in [-0.05, 0) is 30.9 Å². The smallest absolute Gasteiger partial charge is 0.303 e. The number of ketones is 1. The van der Waals surface area contributed by atoms with Crippen LogP contribution in [0.3, 0.4) is 0 Å². The molecule has 9 atom stereocenters. The molecular weight excluding hydrogens is 412 g/mol. The molecular formula is C25H38O7. The van der Waals surface area contributed by atoms with Gasteiger partial charge in [-0.1, -0.05) is 27.7 Å². The Kier molecular flexibility index (Phi) is 5.30. The summed E-state index contributed by atoms with van der Waals surface area (Å²) in [4.78, 5) is 26.5. The van der Waals surface area contributed by atoms with E-state index in [1.54, 1.807) is 14.0 Å². The summed E-state index contributed by atoms with van der Waals surface area (Å²) in [5, 5.41) is 23.8. The summed E-state index contributed by atoms with van der Waals surface area (Å²) >= 11 is 0. The van der Waals surface area contributed by atoms with E-state index in [2.05, 4.69) is 0 Å². The fraction of sp³-hybridized carbons (Fsp3) is 0.840. The van der Waals surface area contributed by atoms with Gasteiger partial charge in [-0.3, -0.25) is 9.59 Å². The van der Waals surface area contributed by atoms with Gasteiger partial charge in [-0.25, -0.2) is 0 Å². The lowest BCUT2D eigenvalue weighted by Gasteiger charge is -2.68. The molecule has 180 valence electrons. The Labute approximate surface area is 190 Å². The lowest BCUT2D eigenvalue weighted by Crippen LogP contribution is -2.79. The van der Waals surface area contributed by atoms with E-state index in [0.29, 0.717) is 6.42 Å². The first-order chi connectivity index (χ1) is 14.7. The van der Waals surface area contributed by atoms with Gasteiger partial charge in [0.15, 0.2) is 5.60 Å². The molecule has 0 aromatic rings. The van der Waals surface area contributed by atoms with Crippen molar-refractivity contribution in [3.63, 3.8) is 0 Å². The highest BCUT2D eigenvalue weighted by molar-refractivity contribution is 5.91. The van der Waals surface area contributed by atoms with Crippen LogP contribution in [-0.2, 0) is 23.8 Å². The Hall–Kier alpha value is -1.28. The van der Waals surface area contributed by atoms with Gasteiger partial charge in [0.05, 0.1) is 29.8 Å². The van der Waals surface area contributed by atoms with Gasteiger partial charge in [-0.15, -0.1) is 0 Å². The zero-order chi connectivity index (χ0) is 24.0. The van der Waals surface area contributed by atoms with Crippen molar-refractivity contribution in [3.05, 3.63) is 11.1 Å².